The highest BCUT2D eigenvalue weighted by Gasteiger charge is 2.10. The van der Waals surface area contributed by atoms with Crippen molar-refractivity contribution in [3.8, 4) is 0 Å². The van der Waals surface area contributed by atoms with Crippen molar-refractivity contribution in [1.82, 2.24) is 10.3 Å². The fourth-order valence-electron chi connectivity index (χ4n) is 3.54. The van der Waals surface area contributed by atoms with Gasteiger partial charge in [-0.1, -0.05) is 35.9 Å². The number of ether oxygens (including phenoxy) is 1. The maximum Gasteiger partial charge on any atom is 0.406 e. The molecule has 1 heterocycles. The highest BCUT2D eigenvalue weighted by atomic mass is 16.5. The fraction of sp³-hybridized carbons (Fsp3) is 0.200. The second-order valence-corrected chi connectivity index (χ2v) is 7.49. The topological polar surface area (TPSA) is 63.2 Å². The third-order valence-electron chi connectivity index (χ3n) is 5.14. The summed E-state index contributed by atoms with van der Waals surface area (Å²) >= 11 is 0. The van der Waals surface area contributed by atoms with E-state index >= 15 is 0 Å². The molecule has 4 rings (SSSR count). The van der Waals surface area contributed by atoms with Gasteiger partial charge in [0.2, 0.25) is 0 Å². The van der Waals surface area contributed by atoms with Gasteiger partial charge in [-0.2, -0.15) is 0 Å². The Balaban J connectivity index is 1.65. The minimum absolute atomic E-state index is 0.352. The highest BCUT2D eigenvalue weighted by molar-refractivity contribution is 6.08. The number of nitrogens with one attached hydrogen (secondary N) is 2. The van der Waals surface area contributed by atoms with Crippen LogP contribution in [-0.2, 0) is 11.2 Å². The molecule has 30 heavy (non-hydrogen) atoms. The van der Waals surface area contributed by atoms with Crippen molar-refractivity contribution in [2.45, 2.75) is 20.3 Å². The first-order valence-electron chi connectivity index (χ1n) is 10.0. The molecule has 0 atom stereocenters. The van der Waals surface area contributed by atoms with E-state index in [-0.39, 0.29) is 0 Å². The smallest absolute Gasteiger partial charge is 0.406 e. The van der Waals surface area contributed by atoms with Gasteiger partial charge in [0, 0.05) is 29.9 Å². The van der Waals surface area contributed by atoms with Crippen LogP contribution in [0.5, 0.6) is 0 Å². The molecule has 0 aliphatic rings. The number of aromatic nitrogens is 1. The number of amides is 1. The Labute approximate surface area is 176 Å². The molecule has 0 saturated carbocycles. The van der Waals surface area contributed by atoms with Gasteiger partial charge < -0.3 is 15.4 Å². The molecule has 0 bridgehead atoms. The molecular formula is C25H25N3O2. The van der Waals surface area contributed by atoms with Crippen molar-refractivity contribution < 1.29 is 9.53 Å². The lowest BCUT2D eigenvalue weighted by Gasteiger charge is -2.15. The zero-order chi connectivity index (χ0) is 21.1. The first-order chi connectivity index (χ1) is 14.5. The van der Waals surface area contributed by atoms with Crippen LogP contribution in [0.3, 0.4) is 0 Å². The average Bonchev–Trinajstić information content (AvgIpc) is 2.74. The summed E-state index contributed by atoms with van der Waals surface area (Å²) in [4.78, 5) is 16.0. The molecule has 0 spiro atoms. The van der Waals surface area contributed by atoms with Crippen molar-refractivity contribution in [2.24, 2.45) is 0 Å². The quantitative estimate of drug-likeness (QED) is 0.426. The molecular weight excluding hydrogens is 374 g/mol. The highest BCUT2D eigenvalue weighted by Crippen LogP contribution is 2.34. The molecule has 3 aromatic carbocycles. The predicted octanol–water partition coefficient (Wildman–Crippen LogP) is 5.65. The first kappa shape index (κ1) is 19.7. The van der Waals surface area contributed by atoms with Crippen molar-refractivity contribution in [3.05, 3.63) is 77.4 Å². The number of anilines is 2. The number of fused-ring (bicyclic) bond motifs is 2. The van der Waals surface area contributed by atoms with Crippen LogP contribution in [0, 0.1) is 13.8 Å². The Morgan fingerprint density at radius 1 is 0.900 bits per heavy atom. The minimum Gasteiger partial charge on any atom is -0.449 e. The third-order valence-corrected chi connectivity index (χ3v) is 5.14. The number of hydrogen-bond donors (Lipinski definition) is 2. The number of benzene rings is 3. The van der Waals surface area contributed by atoms with E-state index in [4.69, 9.17) is 9.72 Å². The number of carbonyl (C=O) groups is 1. The van der Waals surface area contributed by atoms with Crippen LogP contribution in [0.2, 0.25) is 0 Å². The van der Waals surface area contributed by atoms with E-state index in [1.54, 1.807) is 7.05 Å². The van der Waals surface area contributed by atoms with Gasteiger partial charge in [0.25, 0.3) is 0 Å². The Kier molecular flexibility index (Phi) is 5.53. The number of pyridine rings is 1. The molecule has 5 nitrogen and oxygen atoms in total. The number of nitrogens with zero attached hydrogens (tertiary/aromatic N) is 1. The summed E-state index contributed by atoms with van der Waals surface area (Å²) in [5, 5.41) is 8.26. The van der Waals surface area contributed by atoms with E-state index in [1.165, 1.54) is 11.1 Å². The van der Waals surface area contributed by atoms with Gasteiger partial charge in [-0.3, -0.25) is 0 Å². The van der Waals surface area contributed by atoms with Crippen molar-refractivity contribution in [2.75, 3.05) is 19.0 Å². The molecule has 0 aliphatic heterocycles. The summed E-state index contributed by atoms with van der Waals surface area (Å²) in [6.45, 7) is 4.53. The molecule has 152 valence electrons. The van der Waals surface area contributed by atoms with Crippen LogP contribution in [0.15, 0.2) is 60.7 Å². The lowest BCUT2D eigenvalue weighted by molar-refractivity contribution is 0.150. The summed E-state index contributed by atoms with van der Waals surface area (Å²) in [6.07, 6.45) is 0.267. The van der Waals surface area contributed by atoms with Gasteiger partial charge >= 0.3 is 6.09 Å². The van der Waals surface area contributed by atoms with Crippen LogP contribution in [0.25, 0.3) is 21.8 Å². The summed E-state index contributed by atoms with van der Waals surface area (Å²) in [6, 6.07) is 20.9. The Morgan fingerprint density at radius 2 is 1.63 bits per heavy atom. The maximum absolute atomic E-state index is 11.2. The van der Waals surface area contributed by atoms with E-state index < -0.39 is 6.09 Å². The second-order valence-electron chi connectivity index (χ2n) is 7.49. The van der Waals surface area contributed by atoms with E-state index in [0.717, 1.165) is 38.7 Å². The standard InChI is InChI=1S/C25H25N3O2/c1-16-5-11-22-21(14-16)24(20-10-4-17(2)15-23(20)28-22)27-19-8-6-18(7-9-19)12-13-30-25(29)26-3/h4-11,14-15H,12-13H2,1-3H3,(H,26,29)(H,27,28). The van der Waals surface area contributed by atoms with E-state index in [9.17, 15) is 4.79 Å². The third kappa shape index (κ3) is 4.20. The normalized spacial score (nSPS) is 10.9. The van der Waals surface area contributed by atoms with Crippen LogP contribution < -0.4 is 10.6 Å². The molecule has 0 unspecified atom stereocenters. The lowest BCUT2D eigenvalue weighted by atomic mass is 10.0. The minimum atomic E-state index is -0.407. The van der Waals surface area contributed by atoms with Crippen LogP contribution in [0.1, 0.15) is 16.7 Å². The van der Waals surface area contributed by atoms with Crippen LogP contribution >= 0.6 is 0 Å². The van der Waals surface area contributed by atoms with Crippen molar-refractivity contribution in [1.29, 1.82) is 0 Å². The van der Waals surface area contributed by atoms with Gasteiger partial charge in [-0.05, 0) is 55.3 Å². The molecule has 0 fully saturated rings. The Bertz CT molecular complexity index is 1220. The molecule has 1 aromatic heterocycles. The van der Waals surface area contributed by atoms with Crippen LogP contribution in [-0.4, -0.2) is 24.7 Å². The maximum atomic E-state index is 11.2. The molecule has 4 aromatic rings. The van der Waals surface area contributed by atoms with Gasteiger partial charge in [0.15, 0.2) is 0 Å². The zero-order valence-corrected chi connectivity index (χ0v) is 17.5. The summed E-state index contributed by atoms with van der Waals surface area (Å²) in [7, 11) is 1.55. The monoisotopic (exact) mass is 399 g/mol. The largest absolute Gasteiger partial charge is 0.449 e. The molecule has 0 saturated heterocycles. The summed E-state index contributed by atoms with van der Waals surface area (Å²) in [5.41, 5.74) is 7.53. The van der Waals surface area contributed by atoms with Gasteiger partial charge in [-0.25, -0.2) is 9.78 Å². The van der Waals surface area contributed by atoms with Crippen molar-refractivity contribution >= 4 is 39.3 Å². The summed E-state index contributed by atoms with van der Waals surface area (Å²) in [5.74, 6) is 0. The van der Waals surface area contributed by atoms with Crippen LogP contribution in [0.4, 0.5) is 16.2 Å². The average molecular weight is 399 g/mol. The van der Waals surface area contributed by atoms with Gasteiger partial charge in [0.05, 0.1) is 23.3 Å². The summed E-state index contributed by atoms with van der Waals surface area (Å²) < 4.78 is 5.07. The second kappa shape index (κ2) is 8.41. The van der Waals surface area contributed by atoms with E-state index in [1.807, 2.05) is 0 Å². The Hall–Kier alpha value is -3.60. The molecule has 2 N–H and O–H groups in total. The SMILES string of the molecule is CNC(=O)OCCc1ccc(Nc2c3ccc(C)cc3nc3ccc(C)cc23)cc1. The molecule has 0 aliphatic carbocycles. The lowest BCUT2D eigenvalue weighted by Crippen LogP contribution is -2.20. The predicted molar refractivity (Wildman–Crippen MR) is 123 cm³/mol. The fourth-order valence-corrected chi connectivity index (χ4v) is 3.54. The first-order valence-corrected chi connectivity index (χ1v) is 10.0. The Morgan fingerprint density at radius 3 is 2.40 bits per heavy atom. The number of carbonyl (C=O) groups excluding carboxylic acids is 1. The number of rotatable bonds is 5. The van der Waals surface area contributed by atoms with E-state index in [2.05, 4.69) is 85.1 Å². The van der Waals surface area contributed by atoms with Gasteiger partial charge in [0.1, 0.15) is 0 Å². The molecule has 5 heteroatoms. The van der Waals surface area contributed by atoms with Crippen molar-refractivity contribution in [3.63, 3.8) is 0 Å². The molecule has 1 amide bonds. The number of aryl methyl sites for hydroxylation is 2. The number of hydrogen-bond acceptors (Lipinski definition) is 4. The van der Waals surface area contributed by atoms with Gasteiger partial charge in [-0.15, -0.1) is 0 Å². The zero-order valence-electron chi connectivity index (χ0n) is 17.5. The number of alkyl carbamates (subject to hydrolysis) is 1. The van der Waals surface area contributed by atoms with E-state index in [0.29, 0.717) is 13.0 Å². The molecule has 0 radical (unpaired) electrons.